The van der Waals surface area contributed by atoms with Gasteiger partial charge in [0.05, 0.1) is 0 Å². The summed E-state index contributed by atoms with van der Waals surface area (Å²) in [5.41, 5.74) is 0. The van der Waals surface area contributed by atoms with Crippen LogP contribution >= 0.6 is 23.7 Å². The highest BCUT2D eigenvalue weighted by Crippen LogP contribution is 2.33. The van der Waals surface area contributed by atoms with Gasteiger partial charge in [0.1, 0.15) is 0 Å². The van der Waals surface area contributed by atoms with Crippen LogP contribution in [0, 0.1) is 0 Å². The van der Waals surface area contributed by atoms with Crippen LogP contribution in [0.3, 0.4) is 0 Å². The first-order valence-electron chi connectivity index (χ1n) is 3.47. The monoisotopic (exact) mass is 180 g/mol. The molecule has 0 atom stereocenters. The van der Waals surface area contributed by atoms with Gasteiger partial charge in [-0.25, -0.2) is 0 Å². The van der Waals surface area contributed by atoms with Crippen molar-refractivity contribution in [2.75, 3.05) is 0 Å². The molecule has 1 aliphatic rings. The molecule has 9 heavy (non-hydrogen) atoms. The first-order valence-corrected chi connectivity index (χ1v) is 7.91. The summed E-state index contributed by atoms with van der Waals surface area (Å²) in [5.74, 6) is 0. The molecule has 1 saturated heterocycles. The Labute approximate surface area is 68.1 Å². The average Bonchev–Trinajstić information content (AvgIpc) is 1.78. The zero-order chi connectivity index (χ0) is 6.91. The van der Waals surface area contributed by atoms with E-state index >= 15 is 0 Å². The molecule has 0 unspecified atom stereocenters. The molecule has 3 heteroatoms. The normalized spacial score (nSPS) is 45.0. The summed E-state index contributed by atoms with van der Waals surface area (Å²) in [7, 11) is -1.21. The van der Waals surface area contributed by atoms with E-state index in [0.717, 1.165) is 0 Å². The summed E-state index contributed by atoms with van der Waals surface area (Å²) >= 11 is 10.6. The van der Waals surface area contributed by atoms with Gasteiger partial charge < -0.3 is 0 Å². The number of thiol groups is 1. The van der Waals surface area contributed by atoms with E-state index in [1.54, 1.807) is 0 Å². The highest BCUT2D eigenvalue weighted by molar-refractivity contribution is 7.81. The van der Waals surface area contributed by atoms with E-state index in [9.17, 15) is 0 Å². The van der Waals surface area contributed by atoms with Crippen LogP contribution in [0.5, 0.6) is 0 Å². The van der Waals surface area contributed by atoms with Gasteiger partial charge in [-0.3, -0.25) is 0 Å². The molecule has 1 rings (SSSR count). The molecule has 1 heterocycles. The second-order valence-corrected chi connectivity index (χ2v) is 10.4. The summed E-state index contributed by atoms with van der Waals surface area (Å²) in [6.07, 6.45) is 2.49. The van der Waals surface area contributed by atoms with Gasteiger partial charge in [0.2, 0.25) is 0 Å². The van der Waals surface area contributed by atoms with Gasteiger partial charge >= 0.3 is 0 Å². The second-order valence-electron chi connectivity index (χ2n) is 3.14. The zero-order valence-corrected chi connectivity index (χ0v) is 8.38. The smallest absolute Gasteiger partial charge is 0.153 e. The minimum atomic E-state index is -1.21. The van der Waals surface area contributed by atoms with Crippen LogP contribution in [-0.2, 0) is 0 Å². The van der Waals surface area contributed by atoms with Crippen LogP contribution in [0.15, 0.2) is 0 Å². The van der Waals surface area contributed by atoms with E-state index in [4.69, 9.17) is 11.1 Å². The van der Waals surface area contributed by atoms with Gasteiger partial charge in [-0.05, 0) is 24.9 Å². The Morgan fingerprint density at radius 1 is 1.44 bits per heavy atom. The lowest BCUT2D eigenvalue weighted by atomic mass is 10.2. The molecule has 1 fully saturated rings. The van der Waals surface area contributed by atoms with Crippen molar-refractivity contribution in [1.82, 2.24) is 0 Å². The van der Waals surface area contributed by atoms with Gasteiger partial charge in [0.25, 0.3) is 0 Å². The van der Waals surface area contributed by atoms with Gasteiger partial charge in [0, 0.05) is 5.25 Å². The molecule has 0 aliphatic carbocycles. The summed E-state index contributed by atoms with van der Waals surface area (Å²) in [6.45, 7) is 2.26. The molecular weight excluding hydrogens is 168 g/mol. The Bertz CT molecular complexity index is 95.2. The predicted octanol–water partition coefficient (Wildman–Crippen LogP) is 2.89. The summed E-state index contributed by atoms with van der Waals surface area (Å²) in [6, 6.07) is 2.53. The maximum absolute atomic E-state index is 6.24. The van der Waals surface area contributed by atoms with Crippen molar-refractivity contribution in [3.63, 3.8) is 0 Å². The summed E-state index contributed by atoms with van der Waals surface area (Å²) < 4.78 is 0. The van der Waals surface area contributed by atoms with Crippen LogP contribution in [0.25, 0.3) is 0 Å². The number of hydrogen-bond donors (Lipinski definition) is 1. The Hall–Kier alpha value is 0.857. The van der Waals surface area contributed by atoms with Crippen molar-refractivity contribution in [2.45, 2.75) is 36.7 Å². The minimum Gasteiger partial charge on any atom is -0.176 e. The second kappa shape index (κ2) is 2.85. The van der Waals surface area contributed by atoms with E-state index in [0.29, 0.717) is 5.25 Å². The zero-order valence-electron chi connectivity index (χ0n) is 5.73. The Kier molecular flexibility index (Phi) is 2.52. The molecule has 0 spiro atoms. The Morgan fingerprint density at radius 2 is 1.89 bits per heavy atom. The van der Waals surface area contributed by atoms with Crippen LogP contribution in [-0.4, -0.2) is 12.6 Å². The molecule has 0 radical (unpaired) electrons. The number of hydrogen-bond acceptors (Lipinski definition) is 1. The Morgan fingerprint density at radius 3 is 2.22 bits per heavy atom. The molecule has 0 bridgehead atoms. The summed E-state index contributed by atoms with van der Waals surface area (Å²) in [4.78, 5) is 0. The van der Waals surface area contributed by atoms with Crippen molar-refractivity contribution >= 4 is 31.1 Å². The highest BCUT2D eigenvalue weighted by Gasteiger charge is 2.29. The molecule has 0 nitrogen and oxygen atoms in total. The fraction of sp³-hybridized carbons (Fsp3) is 1.00. The van der Waals surface area contributed by atoms with Gasteiger partial charge in [-0.15, -0.1) is 0 Å². The van der Waals surface area contributed by atoms with Gasteiger partial charge in [-0.2, -0.15) is 23.7 Å². The van der Waals surface area contributed by atoms with Crippen LogP contribution in [0.4, 0.5) is 0 Å². The van der Waals surface area contributed by atoms with Crippen molar-refractivity contribution in [3.8, 4) is 0 Å². The third-order valence-electron chi connectivity index (χ3n) is 2.00. The fourth-order valence-corrected chi connectivity index (χ4v) is 4.75. The van der Waals surface area contributed by atoms with Crippen molar-refractivity contribution in [3.05, 3.63) is 0 Å². The molecule has 1 aliphatic heterocycles. The van der Waals surface area contributed by atoms with Crippen LogP contribution in [0.2, 0.25) is 18.6 Å². The number of halogens is 1. The standard InChI is InChI=1S/C6H13ClSSi/c1-9(7)4-2-6(8)3-5-9/h6,8H,2-5H2,1H3. The van der Waals surface area contributed by atoms with Gasteiger partial charge in [0.15, 0.2) is 7.38 Å². The van der Waals surface area contributed by atoms with E-state index in [1.165, 1.54) is 24.9 Å². The highest BCUT2D eigenvalue weighted by atomic mass is 35.6. The SMILES string of the molecule is C[Si]1(Cl)CCC(S)CC1. The first kappa shape index (κ1) is 7.96. The molecule has 0 amide bonds. The molecule has 0 saturated carbocycles. The van der Waals surface area contributed by atoms with E-state index in [1.807, 2.05) is 0 Å². The quantitative estimate of drug-likeness (QED) is 0.331. The third kappa shape index (κ3) is 2.52. The number of rotatable bonds is 0. The fourth-order valence-electron chi connectivity index (χ4n) is 1.20. The maximum atomic E-state index is 6.24. The molecule has 0 aromatic carbocycles. The third-order valence-corrected chi connectivity index (χ3v) is 6.31. The maximum Gasteiger partial charge on any atom is 0.153 e. The van der Waals surface area contributed by atoms with Crippen molar-refractivity contribution in [1.29, 1.82) is 0 Å². The van der Waals surface area contributed by atoms with Gasteiger partial charge in [-0.1, -0.05) is 6.55 Å². The van der Waals surface area contributed by atoms with E-state index in [-0.39, 0.29) is 0 Å². The molecule has 0 aromatic rings. The first-order chi connectivity index (χ1) is 4.10. The van der Waals surface area contributed by atoms with Crippen LogP contribution < -0.4 is 0 Å². The average molecular weight is 181 g/mol. The lowest BCUT2D eigenvalue weighted by Crippen LogP contribution is -2.28. The van der Waals surface area contributed by atoms with E-state index in [2.05, 4.69) is 19.2 Å². The van der Waals surface area contributed by atoms with Crippen molar-refractivity contribution in [2.24, 2.45) is 0 Å². The largest absolute Gasteiger partial charge is 0.176 e. The summed E-state index contributed by atoms with van der Waals surface area (Å²) in [5, 5.41) is 0.643. The molecule has 0 aromatic heterocycles. The topological polar surface area (TPSA) is 0 Å². The molecule has 0 N–H and O–H groups in total. The van der Waals surface area contributed by atoms with Crippen LogP contribution in [0.1, 0.15) is 12.8 Å². The lowest BCUT2D eigenvalue weighted by Gasteiger charge is -2.27. The Balaban J connectivity index is 2.35. The van der Waals surface area contributed by atoms with E-state index < -0.39 is 7.38 Å². The van der Waals surface area contributed by atoms with Crippen molar-refractivity contribution < 1.29 is 0 Å². The predicted molar refractivity (Wildman–Crippen MR) is 49.1 cm³/mol. The lowest BCUT2D eigenvalue weighted by molar-refractivity contribution is 0.744. The minimum absolute atomic E-state index is 0.643. The molecule has 54 valence electrons. The molecular formula is C6H13ClSSi.